The molecule has 0 radical (unpaired) electrons. The van der Waals surface area contributed by atoms with E-state index in [1.807, 2.05) is 43.3 Å². The van der Waals surface area contributed by atoms with Gasteiger partial charge in [0.05, 0.1) is 13.7 Å². The largest absolute Gasteiger partial charge is 0.497 e. The molecule has 2 aromatic carbocycles. The van der Waals surface area contributed by atoms with Gasteiger partial charge in [-0.3, -0.25) is 19.0 Å². The summed E-state index contributed by atoms with van der Waals surface area (Å²) in [6.07, 6.45) is 2.97. The van der Waals surface area contributed by atoms with Gasteiger partial charge >= 0.3 is 11.1 Å². The van der Waals surface area contributed by atoms with E-state index >= 15 is 0 Å². The number of carbonyl (C=O) groups is 1. The summed E-state index contributed by atoms with van der Waals surface area (Å²) in [5, 5.41) is 2.76. The number of aryl methyl sites for hydroxylation is 1. The van der Waals surface area contributed by atoms with Crippen molar-refractivity contribution in [1.82, 2.24) is 14.5 Å². The van der Waals surface area contributed by atoms with Crippen molar-refractivity contribution in [1.29, 1.82) is 0 Å². The zero-order chi connectivity index (χ0) is 20.8. The number of hydrogen-bond acceptors (Lipinski definition) is 4. The lowest BCUT2D eigenvalue weighted by molar-refractivity contribution is -0.121. The maximum Gasteiger partial charge on any atom is 0.316 e. The van der Waals surface area contributed by atoms with Crippen LogP contribution in [0.4, 0.5) is 0 Å². The minimum absolute atomic E-state index is 0.205. The molecule has 3 rings (SSSR count). The number of rotatable bonds is 7. The van der Waals surface area contributed by atoms with Gasteiger partial charge in [-0.05, 0) is 30.2 Å². The second-order valence-corrected chi connectivity index (χ2v) is 6.77. The molecule has 1 amide bonds. The van der Waals surface area contributed by atoms with Gasteiger partial charge in [0.1, 0.15) is 12.3 Å². The smallest absolute Gasteiger partial charge is 0.316 e. The van der Waals surface area contributed by atoms with E-state index in [1.165, 1.54) is 17.0 Å². The van der Waals surface area contributed by atoms with E-state index in [-0.39, 0.29) is 19.0 Å². The molecule has 0 bridgehead atoms. The molecule has 1 aromatic heterocycles. The molecule has 1 N–H and O–H groups in total. The fourth-order valence-electron chi connectivity index (χ4n) is 2.84. The van der Waals surface area contributed by atoms with Crippen molar-refractivity contribution in [3.63, 3.8) is 0 Å². The van der Waals surface area contributed by atoms with Gasteiger partial charge in [0, 0.05) is 18.9 Å². The van der Waals surface area contributed by atoms with Crippen LogP contribution in [0.25, 0.3) is 0 Å². The molecule has 0 saturated carbocycles. The van der Waals surface area contributed by atoms with Gasteiger partial charge in [-0.15, -0.1) is 0 Å². The van der Waals surface area contributed by atoms with E-state index in [4.69, 9.17) is 4.74 Å². The van der Waals surface area contributed by atoms with E-state index in [0.29, 0.717) is 12.3 Å². The Labute approximate surface area is 168 Å². The highest BCUT2D eigenvalue weighted by Crippen LogP contribution is 2.11. The molecule has 3 aromatic rings. The Morgan fingerprint density at radius 1 is 0.897 bits per heavy atom. The molecule has 0 aliphatic heterocycles. The standard InChI is InChI=1S/C22H23N3O4/c1-16-3-5-17(6-4-16)13-23-20(26)15-25-12-11-24(21(27)22(25)28)14-18-7-9-19(29-2)10-8-18/h3-12H,13-15H2,1-2H3,(H,23,26). The predicted octanol–water partition coefficient (Wildman–Crippen LogP) is 1.69. The van der Waals surface area contributed by atoms with Crippen LogP contribution in [0.1, 0.15) is 16.7 Å². The van der Waals surface area contributed by atoms with Gasteiger partial charge in [0.15, 0.2) is 0 Å². The Hall–Kier alpha value is -3.61. The fourth-order valence-corrected chi connectivity index (χ4v) is 2.84. The lowest BCUT2D eigenvalue weighted by Crippen LogP contribution is -2.43. The number of methoxy groups -OCH3 is 1. The summed E-state index contributed by atoms with van der Waals surface area (Å²) in [5.74, 6) is 0.383. The van der Waals surface area contributed by atoms with E-state index < -0.39 is 11.1 Å². The molecule has 29 heavy (non-hydrogen) atoms. The third-order valence-corrected chi connectivity index (χ3v) is 4.57. The monoisotopic (exact) mass is 393 g/mol. The summed E-state index contributed by atoms with van der Waals surface area (Å²) in [5.41, 5.74) is 1.56. The number of benzene rings is 2. The van der Waals surface area contributed by atoms with Gasteiger partial charge < -0.3 is 14.6 Å². The van der Waals surface area contributed by atoms with Crippen molar-refractivity contribution >= 4 is 5.91 Å². The number of nitrogens with one attached hydrogen (secondary N) is 1. The highest BCUT2D eigenvalue weighted by Gasteiger charge is 2.09. The van der Waals surface area contributed by atoms with Crippen molar-refractivity contribution in [2.75, 3.05) is 7.11 Å². The molecule has 1 heterocycles. The second kappa shape index (κ2) is 9.05. The van der Waals surface area contributed by atoms with Crippen LogP contribution >= 0.6 is 0 Å². The predicted molar refractivity (Wildman–Crippen MR) is 110 cm³/mol. The van der Waals surface area contributed by atoms with Crippen LogP contribution in [0.2, 0.25) is 0 Å². The molecule has 0 unspecified atom stereocenters. The van der Waals surface area contributed by atoms with E-state index in [1.54, 1.807) is 19.2 Å². The summed E-state index contributed by atoms with van der Waals surface area (Å²) in [4.78, 5) is 36.9. The Kier molecular flexibility index (Phi) is 6.29. The average Bonchev–Trinajstić information content (AvgIpc) is 2.73. The lowest BCUT2D eigenvalue weighted by Gasteiger charge is -2.10. The molecule has 0 spiro atoms. The van der Waals surface area contributed by atoms with Crippen LogP contribution in [0.15, 0.2) is 70.5 Å². The maximum absolute atomic E-state index is 12.4. The SMILES string of the molecule is COc1ccc(Cn2ccn(CC(=O)NCc3ccc(C)cc3)c(=O)c2=O)cc1. The van der Waals surface area contributed by atoms with Crippen molar-refractivity contribution in [2.24, 2.45) is 0 Å². The van der Waals surface area contributed by atoms with Gasteiger partial charge in [0.25, 0.3) is 0 Å². The lowest BCUT2D eigenvalue weighted by atomic mass is 10.1. The summed E-state index contributed by atoms with van der Waals surface area (Å²) in [6.45, 7) is 2.41. The average molecular weight is 393 g/mol. The van der Waals surface area contributed by atoms with Gasteiger partial charge in [-0.2, -0.15) is 0 Å². The highest BCUT2D eigenvalue weighted by molar-refractivity contribution is 5.75. The third-order valence-electron chi connectivity index (χ3n) is 4.57. The number of carbonyl (C=O) groups excluding carboxylic acids is 1. The van der Waals surface area contributed by atoms with Gasteiger partial charge in [-0.25, -0.2) is 0 Å². The van der Waals surface area contributed by atoms with Gasteiger partial charge in [-0.1, -0.05) is 42.0 Å². The zero-order valence-corrected chi connectivity index (χ0v) is 16.4. The molecule has 7 heteroatoms. The summed E-state index contributed by atoms with van der Waals surface area (Å²) < 4.78 is 7.56. The fraction of sp³-hybridized carbons (Fsp3) is 0.227. The number of nitrogens with zero attached hydrogens (tertiary/aromatic N) is 2. The maximum atomic E-state index is 12.4. The van der Waals surface area contributed by atoms with E-state index in [0.717, 1.165) is 21.3 Å². The molecule has 0 aliphatic rings. The number of amides is 1. The number of ether oxygens (including phenoxy) is 1. The Balaban J connectivity index is 1.65. The first-order valence-electron chi connectivity index (χ1n) is 9.21. The van der Waals surface area contributed by atoms with Crippen molar-refractivity contribution in [3.05, 3.63) is 98.3 Å². The van der Waals surface area contributed by atoms with Gasteiger partial charge in [0.2, 0.25) is 5.91 Å². The first-order valence-corrected chi connectivity index (χ1v) is 9.21. The molecule has 0 saturated heterocycles. The highest BCUT2D eigenvalue weighted by atomic mass is 16.5. The Morgan fingerprint density at radius 2 is 1.48 bits per heavy atom. The van der Waals surface area contributed by atoms with Crippen LogP contribution in [0.3, 0.4) is 0 Å². The van der Waals surface area contributed by atoms with Crippen molar-refractivity contribution < 1.29 is 9.53 Å². The number of aromatic nitrogens is 2. The second-order valence-electron chi connectivity index (χ2n) is 6.77. The minimum Gasteiger partial charge on any atom is -0.497 e. The molecule has 0 atom stereocenters. The first kappa shape index (κ1) is 20.1. The quantitative estimate of drug-likeness (QED) is 0.620. The molecular formula is C22H23N3O4. The molecule has 0 fully saturated rings. The Morgan fingerprint density at radius 3 is 2.14 bits per heavy atom. The van der Waals surface area contributed by atoms with Crippen LogP contribution < -0.4 is 21.2 Å². The minimum atomic E-state index is -0.730. The van der Waals surface area contributed by atoms with Crippen molar-refractivity contribution in [3.8, 4) is 5.75 Å². The molecule has 150 valence electrons. The van der Waals surface area contributed by atoms with Crippen LogP contribution in [-0.2, 0) is 24.4 Å². The number of hydrogen-bond donors (Lipinski definition) is 1. The van der Waals surface area contributed by atoms with Crippen LogP contribution in [-0.4, -0.2) is 22.2 Å². The topological polar surface area (TPSA) is 82.3 Å². The summed E-state index contributed by atoms with van der Waals surface area (Å²) >= 11 is 0. The van der Waals surface area contributed by atoms with Crippen LogP contribution in [0, 0.1) is 6.92 Å². The van der Waals surface area contributed by atoms with E-state index in [2.05, 4.69) is 5.32 Å². The molecule has 0 aliphatic carbocycles. The third kappa shape index (κ3) is 5.22. The van der Waals surface area contributed by atoms with Crippen molar-refractivity contribution in [2.45, 2.75) is 26.6 Å². The molecule has 7 nitrogen and oxygen atoms in total. The molecular weight excluding hydrogens is 370 g/mol. The Bertz CT molecular complexity index is 1100. The first-order chi connectivity index (χ1) is 14.0. The summed E-state index contributed by atoms with van der Waals surface area (Å²) in [7, 11) is 1.58. The van der Waals surface area contributed by atoms with E-state index in [9.17, 15) is 14.4 Å². The zero-order valence-electron chi connectivity index (χ0n) is 16.4. The van der Waals surface area contributed by atoms with Crippen LogP contribution in [0.5, 0.6) is 5.75 Å². The summed E-state index contributed by atoms with van der Waals surface area (Å²) in [6, 6.07) is 15.0. The normalized spacial score (nSPS) is 10.6.